The number of rotatable bonds is 6. The number of nitrogens with two attached hydrogens (primary N) is 2. The zero-order chi connectivity index (χ0) is 12.8. The second-order valence-electron chi connectivity index (χ2n) is 4.67. The van der Waals surface area contributed by atoms with Crippen LogP contribution in [-0.2, 0) is 0 Å². The lowest BCUT2D eigenvalue weighted by Crippen LogP contribution is -2.31. The third-order valence-electron chi connectivity index (χ3n) is 3.17. The molecule has 1 aromatic carbocycles. The fourth-order valence-electron chi connectivity index (χ4n) is 2.03. The fourth-order valence-corrected chi connectivity index (χ4v) is 2.70. The van der Waals surface area contributed by atoms with Crippen LogP contribution in [0.1, 0.15) is 32.4 Å². The summed E-state index contributed by atoms with van der Waals surface area (Å²) in [6.45, 7) is 7.16. The molecule has 0 saturated carbocycles. The van der Waals surface area contributed by atoms with Crippen LogP contribution in [0.4, 0.5) is 0 Å². The molecule has 1 rings (SSSR count). The van der Waals surface area contributed by atoms with E-state index in [9.17, 15) is 0 Å². The summed E-state index contributed by atoms with van der Waals surface area (Å²) in [7, 11) is 0. The van der Waals surface area contributed by atoms with Crippen molar-refractivity contribution in [2.75, 3.05) is 12.3 Å². The Morgan fingerprint density at radius 1 is 1.18 bits per heavy atom. The molecule has 96 valence electrons. The highest BCUT2D eigenvalue weighted by Crippen LogP contribution is 2.27. The average molecular weight is 252 g/mol. The van der Waals surface area contributed by atoms with Crippen molar-refractivity contribution in [3.05, 3.63) is 29.8 Å². The van der Waals surface area contributed by atoms with E-state index >= 15 is 0 Å². The van der Waals surface area contributed by atoms with Crippen molar-refractivity contribution in [1.82, 2.24) is 0 Å². The van der Waals surface area contributed by atoms with Crippen molar-refractivity contribution in [3.8, 4) is 0 Å². The summed E-state index contributed by atoms with van der Waals surface area (Å²) in [5.74, 6) is 1.96. The van der Waals surface area contributed by atoms with E-state index < -0.39 is 0 Å². The minimum absolute atomic E-state index is 0.0423. The van der Waals surface area contributed by atoms with Crippen LogP contribution in [-0.4, -0.2) is 12.3 Å². The van der Waals surface area contributed by atoms with E-state index in [2.05, 4.69) is 45.0 Å². The monoisotopic (exact) mass is 252 g/mol. The topological polar surface area (TPSA) is 52.0 Å². The standard InChI is InChI=1S/C14H24N2S/c1-4-17-12-7-5-11(6-8-12)14(16)13(9-15)10(2)3/h5-8,10,13-14H,4,9,15-16H2,1-3H3. The van der Waals surface area contributed by atoms with Crippen molar-refractivity contribution in [3.63, 3.8) is 0 Å². The molecule has 0 aromatic heterocycles. The van der Waals surface area contributed by atoms with Crippen molar-refractivity contribution in [2.24, 2.45) is 23.3 Å². The van der Waals surface area contributed by atoms with Gasteiger partial charge in [0.15, 0.2) is 0 Å². The van der Waals surface area contributed by atoms with Gasteiger partial charge in [-0.2, -0.15) is 0 Å². The van der Waals surface area contributed by atoms with Gasteiger partial charge in [-0.1, -0.05) is 32.9 Å². The lowest BCUT2D eigenvalue weighted by atomic mass is 9.85. The highest BCUT2D eigenvalue weighted by Gasteiger charge is 2.21. The zero-order valence-electron chi connectivity index (χ0n) is 11.0. The Balaban J connectivity index is 2.77. The molecule has 0 spiro atoms. The molecule has 0 aliphatic rings. The molecule has 0 radical (unpaired) electrons. The predicted octanol–water partition coefficient (Wildman–Crippen LogP) is 3.03. The molecule has 0 bridgehead atoms. The van der Waals surface area contributed by atoms with Gasteiger partial charge in [-0.05, 0) is 41.8 Å². The molecule has 0 aliphatic carbocycles. The second-order valence-corrected chi connectivity index (χ2v) is 6.01. The number of thioether (sulfide) groups is 1. The van der Waals surface area contributed by atoms with E-state index in [1.807, 2.05) is 11.8 Å². The summed E-state index contributed by atoms with van der Waals surface area (Å²) in [6.07, 6.45) is 0. The van der Waals surface area contributed by atoms with Crippen LogP contribution in [0.25, 0.3) is 0 Å². The predicted molar refractivity (Wildman–Crippen MR) is 77.2 cm³/mol. The van der Waals surface area contributed by atoms with E-state index in [1.54, 1.807) is 0 Å². The summed E-state index contributed by atoms with van der Waals surface area (Å²) in [5, 5.41) is 0. The Morgan fingerprint density at radius 2 is 1.76 bits per heavy atom. The smallest absolute Gasteiger partial charge is 0.0338 e. The summed E-state index contributed by atoms with van der Waals surface area (Å²) >= 11 is 1.85. The first-order valence-corrected chi connectivity index (χ1v) is 7.27. The molecular formula is C14H24N2S. The Kier molecular flexibility index (Phi) is 6.03. The van der Waals surface area contributed by atoms with Gasteiger partial charge in [0.05, 0.1) is 0 Å². The molecule has 4 N–H and O–H groups in total. The maximum atomic E-state index is 6.29. The van der Waals surface area contributed by atoms with E-state index in [4.69, 9.17) is 11.5 Å². The number of hydrogen-bond acceptors (Lipinski definition) is 3. The van der Waals surface area contributed by atoms with E-state index in [0.29, 0.717) is 18.4 Å². The van der Waals surface area contributed by atoms with Gasteiger partial charge >= 0.3 is 0 Å². The molecule has 1 aromatic rings. The normalized spacial score (nSPS) is 14.9. The fraction of sp³-hybridized carbons (Fsp3) is 0.571. The first kappa shape index (κ1) is 14.6. The highest BCUT2D eigenvalue weighted by atomic mass is 32.2. The van der Waals surface area contributed by atoms with Gasteiger partial charge in [-0.3, -0.25) is 0 Å². The van der Waals surface area contributed by atoms with Gasteiger partial charge in [-0.25, -0.2) is 0 Å². The minimum atomic E-state index is 0.0423. The van der Waals surface area contributed by atoms with Crippen LogP contribution in [0.5, 0.6) is 0 Å². The molecular weight excluding hydrogens is 228 g/mol. The van der Waals surface area contributed by atoms with Gasteiger partial charge in [0.2, 0.25) is 0 Å². The SMILES string of the molecule is CCSc1ccc(C(N)C(CN)C(C)C)cc1. The average Bonchev–Trinajstić information content (AvgIpc) is 2.30. The van der Waals surface area contributed by atoms with Crippen LogP contribution in [0.2, 0.25) is 0 Å². The van der Waals surface area contributed by atoms with Gasteiger partial charge in [0, 0.05) is 10.9 Å². The Labute approximate surface area is 109 Å². The molecule has 2 unspecified atom stereocenters. The van der Waals surface area contributed by atoms with Crippen molar-refractivity contribution in [1.29, 1.82) is 0 Å². The van der Waals surface area contributed by atoms with Gasteiger partial charge in [0.25, 0.3) is 0 Å². The van der Waals surface area contributed by atoms with E-state index in [0.717, 1.165) is 5.75 Å². The number of hydrogen-bond donors (Lipinski definition) is 2. The van der Waals surface area contributed by atoms with Crippen LogP contribution in [0.15, 0.2) is 29.2 Å². The molecule has 0 aliphatic heterocycles. The first-order chi connectivity index (χ1) is 8.10. The maximum Gasteiger partial charge on any atom is 0.0338 e. The molecule has 2 atom stereocenters. The Bertz CT molecular complexity index is 321. The molecule has 3 heteroatoms. The summed E-state index contributed by atoms with van der Waals surface area (Å²) < 4.78 is 0. The van der Waals surface area contributed by atoms with Crippen molar-refractivity contribution in [2.45, 2.75) is 31.7 Å². The van der Waals surface area contributed by atoms with Crippen LogP contribution >= 0.6 is 11.8 Å². The summed E-state index contributed by atoms with van der Waals surface area (Å²) in [5.41, 5.74) is 13.3. The maximum absolute atomic E-state index is 6.29. The van der Waals surface area contributed by atoms with Crippen molar-refractivity contribution < 1.29 is 0 Å². The van der Waals surface area contributed by atoms with Gasteiger partial charge in [-0.15, -0.1) is 11.8 Å². The van der Waals surface area contributed by atoms with Crippen LogP contribution < -0.4 is 11.5 Å². The second kappa shape index (κ2) is 7.04. The molecule has 0 amide bonds. The van der Waals surface area contributed by atoms with Crippen LogP contribution in [0, 0.1) is 11.8 Å². The van der Waals surface area contributed by atoms with Crippen LogP contribution in [0.3, 0.4) is 0 Å². The lowest BCUT2D eigenvalue weighted by molar-refractivity contribution is 0.331. The lowest BCUT2D eigenvalue weighted by Gasteiger charge is -2.26. The van der Waals surface area contributed by atoms with E-state index in [-0.39, 0.29) is 6.04 Å². The third kappa shape index (κ3) is 4.02. The Hall–Kier alpha value is -0.510. The van der Waals surface area contributed by atoms with Gasteiger partial charge in [0.1, 0.15) is 0 Å². The summed E-state index contributed by atoms with van der Waals surface area (Å²) in [6, 6.07) is 8.61. The quantitative estimate of drug-likeness (QED) is 0.765. The zero-order valence-corrected chi connectivity index (χ0v) is 11.8. The summed E-state index contributed by atoms with van der Waals surface area (Å²) in [4.78, 5) is 1.30. The minimum Gasteiger partial charge on any atom is -0.330 e. The number of benzene rings is 1. The molecule has 0 fully saturated rings. The Morgan fingerprint density at radius 3 is 2.18 bits per heavy atom. The van der Waals surface area contributed by atoms with Crippen molar-refractivity contribution >= 4 is 11.8 Å². The van der Waals surface area contributed by atoms with E-state index in [1.165, 1.54) is 10.5 Å². The molecule has 0 saturated heterocycles. The molecule has 0 heterocycles. The third-order valence-corrected chi connectivity index (χ3v) is 4.06. The van der Waals surface area contributed by atoms with Gasteiger partial charge < -0.3 is 11.5 Å². The first-order valence-electron chi connectivity index (χ1n) is 6.28. The largest absolute Gasteiger partial charge is 0.330 e. The molecule has 2 nitrogen and oxygen atoms in total. The highest BCUT2D eigenvalue weighted by molar-refractivity contribution is 7.99. The molecule has 17 heavy (non-hydrogen) atoms.